The monoisotopic (exact) mass is 485 g/mol. The van der Waals surface area contributed by atoms with Crippen LogP contribution in [0.25, 0.3) is 11.0 Å². The van der Waals surface area contributed by atoms with E-state index in [-0.39, 0.29) is 18.7 Å². The third kappa shape index (κ3) is 4.47. The van der Waals surface area contributed by atoms with Gasteiger partial charge in [0, 0.05) is 10.9 Å². The summed E-state index contributed by atoms with van der Waals surface area (Å²) >= 11 is 8.26. The van der Waals surface area contributed by atoms with E-state index in [1.54, 1.807) is 6.33 Å². The summed E-state index contributed by atoms with van der Waals surface area (Å²) in [4.78, 5) is 30.9. The number of aromatic nitrogens is 2. The molecule has 0 aliphatic carbocycles. The van der Waals surface area contributed by atoms with Gasteiger partial charge in [0.2, 0.25) is 5.91 Å². The summed E-state index contributed by atoms with van der Waals surface area (Å²) in [6.07, 6.45) is 1.90. The second-order valence-electron chi connectivity index (χ2n) is 5.46. The lowest BCUT2D eigenvalue weighted by Crippen LogP contribution is -2.43. The van der Waals surface area contributed by atoms with Crippen molar-refractivity contribution in [3.8, 4) is 0 Å². The molecule has 1 aromatic carbocycles. The number of carboxylic acid groups (broad SMARTS) is 1. The number of carboxylic acids is 1. The third-order valence-electron chi connectivity index (χ3n) is 3.63. The van der Waals surface area contributed by atoms with Gasteiger partial charge in [-0.15, -0.1) is 11.3 Å². The minimum Gasteiger partial charge on any atom is -0.480 e. The predicted octanol–water partition coefficient (Wildman–Crippen LogP) is 3.50. The molecule has 3 aromatic rings. The van der Waals surface area contributed by atoms with E-state index in [9.17, 15) is 14.7 Å². The fourth-order valence-electron chi connectivity index (χ4n) is 2.44. The summed E-state index contributed by atoms with van der Waals surface area (Å²) in [6, 6.07) is 4.54. The van der Waals surface area contributed by atoms with Gasteiger partial charge < -0.3 is 15.4 Å². The Balaban J connectivity index is 1.70. The number of aromatic amines is 1. The Morgan fingerprint density at radius 1 is 1.32 bits per heavy atom. The number of nitrogens with zero attached hydrogens (tertiary/aromatic N) is 1. The summed E-state index contributed by atoms with van der Waals surface area (Å²) in [5, 5.41) is 13.8. The van der Waals surface area contributed by atoms with E-state index >= 15 is 0 Å². The summed E-state index contributed by atoms with van der Waals surface area (Å²) in [5.74, 6) is -1.40. The van der Waals surface area contributed by atoms with E-state index < -0.39 is 12.0 Å². The number of carbonyl (C=O) groups excluding carboxylic acids is 1. The molecule has 3 rings (SSSR count). The molecule has 0 fully saturated rings. The zero-order valence-electron chi connectivity index (χ0n) is 12.8. The number of benzene rings is 1. The molecule has 0 saturated carbocycles. The SMILES string of the molecule is O=C(Cc1cc2[nH]cnc2cc1Br)NC(Cc1csc(Br)c1)C(=O)O. The van der Waals surface area contributed by atoms with Gasteiger partial charge in [-0.05, 0) is 50.6 Å². The van der Waals surface area contributed by atoms with Crippen LogP contribution in [0.1, 0.15) is 11.1 Å². The molecule has 130 valence electrons. The third-order valence-corrected chi connectivity index (χ3v) is 5.93. The fraction of sp³-hybridized carbons (Fsp3) is 0.188. The molecular formula is C16H13Br2N3O3S. The van der Waals surface area contributed by atoms with Gasteiger partial charge in [-0.25, -0.2) is 9.78 Å². The van der Waals surface area contributed by atoms with E-state index in [1.165, 1.54) is 11.3 Å². The maximum atomic E-state index is 12.3. The number of rotatable bonds is 6. The number of hydrogen-bond donors (Lipinski definition) is 3. The van der Waals surface area contributed by atoms with Gasteiger partial charge in [-0.1, -0.05) is 15.9 Å². The highest BCUT2D eigenvalue weighted by atomic mass is 79.9. The van der Waals surface area contributed by atoms with Gasteiger partial charge in [-0.2, -0.15) is 0 Å². The number of carbonyl (C=O) groups is 2. The van der Waals surface area contributed by atoms with Crippen LogP contribution in [0.4, 0.5) is 0 Å². The Morgan fingerprint density at radius 2 is 2.12 bits per heavy atom. The number of aliphatic carboxylic acids is 1. The molecule has 3 N–H and O–H groups in total. The molecule has 0 bridgehead atoms. The normalized spacial score (nSPS) is 12.2. The largest absolute Gasteiger partial charge is 0.480 e. The van der Waals surface area contributed by atoms with E-state index in [0.29, 0.717) is 0 Å². The van der Waals surface area contributed by atoms with Crippen LogP contribution in [0.3, 0.4) is 0 Å². The van der Waals surface area contributed by atoms with Crippen LogP contribution in [-0.2, 0) is 22.4 Å². The number of H-pyrrole nitrogens is 1. The molecule has 0 spiro atoms. The summed E-state index contributed by atoms with van der Waals surface area (Å²) < 4.78 is 1.69. The van der Waals surface area contributed by atoms with Crippen molar-refractivity contribution in [3.63, 3.8) is 0 Å². The summed E-state index contributed by atoms with van der Waals surface area (Å²) in [5.41, 5.74) is 3.24. The molecule has 1 amide bonds. The van der Waals surface area contributed by atoms with Crippen molar-refractivity contribution in [1.29, 1.82) is 0 Å². The maximum Gasteiger partial charge on any atom is 0.326 e. The van der Waals surface area contributed by atoms with Crippen molar-refractivity contribution in [2.75, 3.05) is 0 Å². The topological polar surface area (TPSA) is 95.1 Å². The molecule has 1 unspecified atom stereocenters. The first-order chi connectivity index (χ1) is 11.9. The highest BCUT2D eigenvalue weighted by molar-refractivity contribution is 9.11. The van der Waals surface area contributed by atoms with Crippen molar-refractivity contribution >= 4 is 66.1 Å². The highest BCUT2D eigenvalue weighted by Gasteiger charge is 2.21. The van der Waals surface area contributed by atoms with Crippen LogP contribution >= 0.6 is 43.2 Å². The Morgan fingerprint density at radius 3 is 2.80 bits per heavy atom. The summed E-state index contributed by atoms with van der Waals surface area (Å²) in [6.45, 7) is 0. The second kappa shape index (κ2) is 7.67. The number of amides is 1. The first-order valence-electron chi connectivity index (χ1n) is 7.29. The Hall–Kier alpha value is -1.71. The first-order valence-corrected chi connectivity index (χ1v) is 9.75. The first kappa shape index (κ1) is 18.1. The van der Waals surface area contributed by atoms with E-state index in [1.807, 2.05) is 23.6 Å². The molecular weight excluding hydrogens is 474 g/mol. The molecule has 2 aromatic heterocycles. The second-order valence-corrected chi connectivity index (χ2v) is 8.61. The zero-order chi connectivity index (χ0) is 18.0. The van der Waals surface area contributed by atoms with Crippen molar-refractivity contribution in [2.24, 2.45) is 0 Å². The van der Waals surface area contributed by atoms with Gasteiger partial charge in [0.25, 0.3) is 0 Å². The molecule has 25 heavy (non-hydrogen) atoms. The number of imidazole rings is 1. The van der Waals surface area contributed by atoms with Gasteiger partial charge in [0.15, 0.2) is 0 Å². The number of thiophene rings is 1. The Kier molecular flexibility index (Phi) is 5.55. The Bertz CT molecular complexity index is 938. The molecule has 6 nitrogen and oxygen atoms in total. The minimum atomic E-state index is -1.06. The lowest BCUT2D eigenvalue weighted by molar-refractivity contribution is -0.141. The predicted molar refractivity (Wildman–Crippen MR) is 103 cm³/mol. The van der Waals surface area contributed by atoms with Crippen molar-refractivity contribution < 1.29 is 14.7 Å². The standard InChI is InChI=1S/C16H13Br2N3O3S/c17-10-5-12-11(19-7-20-12)3-9(10)4-15(22)21-13(16(23)24)1-8-2-14(18)25-6-8/h2-3,5-7,13H,1,4H2,(H,19,20)(H,21,22)(H,23,24). The maximum absolute atomic E-state index is 12.3. The van der Waals surface area contributed by atoms with Crippen LogP contribution in [0, 0.1) is 0 Å². The van der Waals surface area contributed by atoms with Crippen LogP contribution < -0.4 is 5.32 Å². The van der Waals surface area contributed by atoms with Gasteiger partial charge in [-0.3, -0.25) is 4.79 Å². The van der Waals surface area contributed by atoms with Crippen LogP contribution in [-0.4, -0.2) is 33.0 Å². The number of halogens is 2. The Labute approximate surface area is 163 Å². The zero-order valence-corrected chi connectivity index (χ0v) is 16.7. The van der Waals surface area contributed by atoms with Crippen LogP contribution in [0.5, 0.6) is 0 Å². The van der Waals surface area contributed by atoms with E-state index in [0.717, 1.165) is 30.4 Å². The number of fused-ring (bicyclic) bond motifs is 1. The molecule has 0 radical (unpaired) electrons. The van der Waals surface area contributed by atoms with E-state index in [4.69, 9.17) is 0 Å². The average Bonchev–Trinajstić information content (AvgIpc) is 3.15. The van der Waals surface area contributed by atoms with Crippen LogP contribution in [0.2, 0.25) is 0 Å². The molecule has 1 atom stereocenters. The molecule has 0 aliphatic heterocycles. The smallest absolute Gasteiger partial charge is 0.326 e. The van der Waals surface area contributed by atoms with Gasteiger partial charge in [0.1, 0.15) is 6.04 Å². The van der Waals surface area contributed by atoms with Crippen molar-refractivity contribution in [3.05, 3.63) is 49.3 Å². The van der Waals surface area contributed by atoms with Crippen molar-refractivity contribution in [2.45, 2.75) is 18.9 Å². The quantitative estimate of drug-likeness (QED) is 0.496. The number of nitrogens with one attached hydrogen (secondary N) is 2. The lowest BCUT2D eigenvalue weighted by Gasteiger charge is -2.14. The van der Waals surface area contributed by atoms with Gasteiger partial charge in [0.05, 0.1) is 27.6 Å². The highest BCUT2D eigenvalue weighted by Crippen LogP contribution is 2.23. The average molecular weight is 487 g/mol. The van der Waals surface area contributed by atoms with Gasteiger partial charge >= 0.3 is 5.97 Å². The molecule has 0 aliphatic rings. The summed E-state index contributed by atoms with van der Waals surface area (Å²) in [7, 11) is 0. The van der Waals surface area contributed by atoms with Crippen LogP contribution in [0.15, 0.2) is 38.2 Å². The molecule has 2 heterocycles. The fourth-order valence-corrected chi connectivity index (χ4v) is 4.14. The lowest BCUT2D eigenvalue weighted by atomic mass is 10.1. The number of hydrogen-bond acceptors (Lipinski definition) is 4. The minimum absolute atomic E-state index is 0.0760. The van der Waals surface area contributed by atoms with Crippen molar-refractivity contribution in [1.82, 2.24) is 15.3 Å². The molecule has 0 saturated heterocycles. The molecule has 9 heteroatoms. The van der Waals surface area contributed by atoms with E-state index in [2.05, 4.69) is 47.1 Å².